The van der Waals surface area contributed by atoms with E-state index in [1.807, 2.05) is 6.07 Å². The molecule has 0 spiro atoms. The number of carbonyl (C=O) groups is 3. The Balaban J connectivity index is 2.23. The van der Waals surface area contributed by atoms with Gasteiger partial charge >= 0.3 is 0 Å². The number of Topliss-reactive ketones (excluding diaryl/α,β-unsaturated/α-hetero) is 1. The van der Waals surface area contributed by atoms with Crippen LogP contribution in [-0.2, 0) is 9.59 Å². The number of aromatic nitrogens is 1. The molecule has 0 radical (unpaired) electrons. The number of nitriles is 1. The van der Waals surface area contributed by atoms with E-state index < -0.39 is 18.2 Å². The summed E-state index contributed by atoms with van der Waals surface area (Å²) in [4.78, 5) is 36.7. The Kier molecular flexibility index (Phi) is 4.79. The van der Waals surface area contributed by atoms with Gasteiger partial charge in [-0.2, -0.15) is 5.26 Å². The minimum Gasteiger partial charge on any atom is -0.505 e. The molecule has 2 rings (SSSR count). The van der Waals surface area contributed by atoms with Crippen LogP contribution in [-0.4, -0.2) is 34.6 Å². The largest absolute Gasteiger partial charge is 0.505 e. The molecule has 2 aromatic rings. The van der Waals surface area contributed by atoms with Crippen molar-refractivity contribution in [3.05, 3.63) is 47.8 Å². The van der Waals surface area contributed by atoms with Crippen LogP contribution in [0.5, 0.6) is 5.75 Å². The van der Waals surface area contributed by atoms with E-state index >= 15 is 0 Å². The Bertz CT molecular complexity index is 824. The van der Waals surface area contributed by atoms with Gasteiger partial charge in [0.25, 0.3) is 5.91 Å². The first kappa shape index (κ1) is 15.9. The van der Waals surface area contributed by atoms with Gasteiger partial charge in [-0.3, -0.25) is 14.4 Å². The molecular formula is C16H11N3O4. The molecule has 0 aliphatic rings. The van der Waals surface area contributed by atoms with Gasteiger partial charge in [-0.1, -0.05) is 12.1 Å². The molecule has 23 heavy (non-hydrogen) atoms. The van der Waals surface area contributed by atoms with E-state index in [-0.39, 0.29) is 17.7 Å². The van der Waals surface area contributed by atoms with Crippen LogP contribution in [0, 0.1) is 11.3 Å². The maximum atomic E-state index is 11.8. The van der Waals surface area contributed by atoms with Crippen LogP contribution in [0.4, 0.5) is 0 Å². The number of ketones is 1. The predicted octanol–water partition coefficient (Wildman–Crippen LogP) is 0.824. The van der Waals surface area contributed by atoms with Crippen molar-refractivity contribution in [2.24, 2.45) is 0 Å². The van der Waals surface area contributed by atoms with Gasteiger partial charge in [-0.15, -0.1) is 0 Å². The summed E-state index contributed by atoms with van der Waals surface area (Å²) in [6, 6.07) is 10.0. The number of aromatic hydroxyl groups is 1. The monoisotopic (exact) mass is 309 g/mol. The number of carbonyl (C=O) groups excluding carboxylic acids is 3. The van der Waals surface area contributed by atoms with Crippen LogP contribution >= 0.6 is 0 Å². The van der Waals surface area contributed by atoms with Gasteiger partial charge in [-0.25, -0.2) is 4.98 Å². The fourth-order valence-corrected chi connectivity index (χ4v) is 1.85. The van der Waals surface area contributed by atoms with E-state index in [4.69, 9.17) is 5.26 Å². The lowest BCUT2D eigenvalue weighted by atomic mass is 10.0. The summed E-state index contributed by atoms with van der Waals surface area (Å²) in [6.07, 6.45) is 1.46. The molecular weight excluding hydrogens is 298 g/mol. The normalized spacial score (nSPS) is 9.70. The van der Waals surface area contributed by atoms with Crippen molar-refractivity contribution in [2.45, 2.75) is 0 Å². The fraction of sp³-hybridized carbons (Fsp3) is 0.0625. The number of pyridine rings is 1. The Morgan fingerprint density at radius 3 is 2.74 bits per heavy atom. The van der Waals surface area contributed by atoms with Crippen molar-refractivity contribution < 1.29 is 19.5 Å². The smallest absolute Gasteiger partial charge is 0.274 e. The summed E-state index contributed by atoms with van der Waals surface area (Å²) in [5.74, 6) is -1.93. The lowest BCUT2D eigenvalue weighted by molar-refractivity contribution is -0.129. The van der Waals surface area contributed by atoms with Gasteiger partial charge in [-0.05, 0) is 23.8 Å². The van der Waals surface area contributed by atoms with Crippen molar-refractivity contribution in [3.63, 3.8) is 0 Å². The van der Waals surface area contributed by atoms with E-state index in [1.54, 1.807) is 24.3 Å². The summed E-state index contributed by atoms with van der Waals surface area (Å²) < 4.78 is 0. The molecule has 2 N–H and O–H groups in total. The maximum absolute atomic E-state index is 11.8. The molecule has 0 bridgehead atoms. The number of hydrogen-bond donors (Lipinski definition) is 2. The Labute approximate surface area is 131 Å². The van der Waals surface area contributed by atoms with Crippen LogP contribution in [0.25, 0.3) is 11.1 Å². The summed E-state index contributed by atoms with van der Waals surface area (Å²) in [5, 5.41) is 21.0. The molecule has 0 fully saturated rings. The SMILES string of the molecule is N#Cc1cccc(-c2cnc(C(=O)NCC(=O)C=O)c(O)c2)c1. The Morgan fingerprint density at radius 1 is 1.30 bits per heavy atom. The minimum absolute atomic E-state index is 0.0961. The minimum atomic E-state index is -0.789. The lowest BCUT2D eigenvalue weighted by Crippen LogP contribution is -2.30. The summed E-state index contributed by atoms with van der Waals surface area (Å²) in [5.41, 5.74) is 1.38. The van der Waals surface area contributed by atoms with E-state index in [0.29, 0.717) is 16.7 Å². The van der Waals surface area contributed by atoms with Gasteiger partial charge < -0.3 is 10.4 Å². The Hall–Kier alpha value is -3.53. The molecule has 0 saturated heterocycles. The zero-order valence-electron chi connectivity index (χ0n) is 11.8. The van der Waals surface area contributed by atoms with Crippen LogP contribution in [0.2, 0.25) is 0 Å². The molecule has 7 heteroatoms. The highest BCUT2D eigenvalue weighted by Gasteiger charge is 2.15. The molecule has 1 aromatic carbocycles. The quantitative estimate of drug-likeness (QED) is 0.623. The highest BCUT2D eigenvalue weighted by atomic mass is 16.3. The number of rotatable bonds is 5. The van der Waals surface area contributed by atoms with E-state index in [0.717, 1.165) is 0 Å². The number of aldehydes is 1. The van der Waals surface area contributed by atoms with E-state index in [9.17, 15) is 19.5 Å². The number of amides is 1. The molecule has 1 heterocycles. The molecule has 1 amide bonds. The molecule has 0 unspecified atom stereocenters. The third-order valence-electron chi connectivity index (χ3n) is 2.96. The third kappa shape index (κ3) is 3.77. The van der Waals surface area contributed by atoms with Crippen LogP contribution in [0.3, 0.4) is 0 Å². The lowest BCUT2D eigenvalue weighted by Gasteiger charge is -2.07. The van der Waals surface area contributed by atoms with Crippen LogP contribution in [0.15, 0.2) is 36.5 Å². The average Bonchev–Trinajstić information content (AvgIpc) is 2.59. The van der Waals surface area contributed by atoms with Crippen molar-refractivity contribution in [1.29, 1.82) is 5.26 Å². The van der Waals surface area contributed by atoms with Crippen molar-refractivity contribution in [2.75, 3.05) is 6.54 Å². The second-order valence-corrected chi connectivity index (χ2v) is 4.55. The van der Waals surface area contributed by atoms with Crippen LogP contribution in [0.1, 0.15) is 16.1 Å². The van der Waals surface area contributed by atoms with Gasteiger partial charge in [0, 0.05) is 11.8 Å². The second kappa shape index (κ2) is 6.95. The molecule has 0 saturated carbocycles. The third-order valence-corrected chi connectivity index (χ3v) is 2.96. The maximum Gasteiger partial charge on any atom is 0.274 e. The zero-order valence-corrected chi connectivity index (χ0v) is 11.8. The predicted molar refractivity (Wildman–Crippen MR) is 79.5 cm³/mol. The molecule has 0 aliphatic heterocycles. The summed E-state index contributed by atoms with van der Waals surface area (Å²) >= 11 is 0. The highest BCUT2D eigenvalue weighted by molar-refractivity contribution is 6.26. The zero-order chi connectivity index (χ0) is 16.8. The summed E-state index contributed by atoms with van der Waals surface area (Å²) in [7, 11) is 0. The highest BCUT2D eigenvalue weighted by Crippen LogP contribution is 2.25. The van der Waals surface area contributed by atoms with Gasteiger partial charge in [0.05, 0.1) is 18.2 Å². The average molecular weight is 309 g/mol. The summed E-state index contributed by atoms with van der Waals surface area (Å²) in [6.45, 7) is -0.463. The molecule has 114 valence electrons. The van der Waals surface area contributed by atoms with Crippen molar-refractivity contribution in [3.8, 4) is 22.9 Å². The molecule has 7 nitrogen and oxygen atoms in total. The number of nitrogens with one attached hydrogen (secondary N) is 1. The topological polar surface area (TPSA) is 120 Å². The van der Waals surface area contributed by atoms with Gasteiger partial charge in [0.2, 0.25) is 5.78 Å². The van der Waals surface area contributed by atoms with Crippen LogP contribution < -0.4 is 5.32 Å². The standard InChI is InChI=1S/C16H11N3O4/c17-6-10-2-1-3-11(4-10)12-5-14(22)15(18-7-12)16(23)19-8-13(21)9-20/h1-5,7,9,22H,8H2,(H,19,23). The first-order valence-electron chi connectivity index (χ1n) is 6.51. The number of hydrogen-bond acceptors (Lipinski definition) is 6. The fourth-order valence-electron chi connectivity index (χ4n) is 1.85. The number of benzene rings is 1. The van der Waals surface area contributed by atoms with E-state index in [2.05, 4.69) is 10.3 Å². The Morgan fingerprint density at radius 2 is 2.09 bits per heavy atom. The van der Waals surface area contributed by atoms with Gasteiger partial charge in [0.15, 0.2) is 12.0 Å². The second-order valence-electron chi connectivity index (χ2n) is 4.55. The first-order chi connectivity index (χ1) is 11.0. The van der Waals surface area contributed by atoms with E-state index in [1.165, 1.54) is 12.3 Å². The van der Waals surface area contributed by atoms with Crippen molar-refractivity contribution in [1.82, 2.24) is 10.3 Å². The molecule has 0 atom stereocenters. The van der Waals surface area contributed by atoms with Crippen molar-refractivity contribution >= 4 is 18.0 Å². The van der Waals surface area contributed by atoms with Gasteiger partial charge in [0.1, 0.15) is 5.75 Å². The molecule has 1 aromatic heterocycles. The molecule has 0 aliphatic carbocycles. The number of nitrogens with zero attached hydrogens (tertiary/aromatic N) is 2. The first-order valence-corrected chi connectivity index (χ1v) is 6.51.